The summed E-state index contributed by atoms with van der Waals surface area (Å²) in [6.45, 7) is 1.96. The van der Waals surface area contributed by atoms with Crippen molar-refractivity contribution in [3.63, 3.8) is 0 Å². The average molecular weight is 196 g/mol. The lowest BCUT2D eigenvalue weighted by Crippen LogP contribution is -1.92. The fourth-order valence-electron chi connectivity index (χ4n) is 1.18. The maximum absolute atomic E-state index is 10.1. The summed E-state index contributed by atoms with van der Waals surface area (Å²) in [4.78, 5) is 13.8. The van der Waals surface area contributed by atoms with Crippen molar-refractivity contribution in [3.8, 4) is 0 Å². The number of isocyanates is 1. The van der Waals surface area contributed by atoms with Crippen LogP contribution < -0.4 is 0 Å². The monoisotopic (exact) mass is 195 g/mol. The van der Waals surface area contributed by atoms with Crippen molar-refractivity contribution in [3.05, 3.63) is 34.9 Å². The van der Waals surface area contributed by atoms with Gasteiger partial charge in [0.05, 0.1) is 6.04 Å². The minimum Gasteiger partial charge on any atom is -0.211 e. The third kappa shape index (κ3) is 2.69. The fraction of sp³-hybridized carbons (Fsp3) is 0.300. The van der Waals surface area contributed by atoms with Crippen LogP contribution in [0.25, 0.3) is 0 Å². The first-order valence-electron chi connectivity index (χ1n) is 4.10. The largest absolute Gasteiger partial charge is 0.235 e. The minimum atomic E-state index is -0.115. The third-order valence-corrected chi connectivity index (χ3v) is 2.06. The Morgan fingerprint density at radius 2 is 2.38 bits per heavy atom. The van der Waals surface area contributed by atoms with Gasteiger partial charge in [-0.2, -0.15) is 4.99 Å². The van der Waals surface area contributed by atoms with E-state index in [4.69, 9.17) is 11.6 Å². The van der Waals surface area contributed by atoms with E-state index in [9.17, 15) is 4.79 Å². The highest BCUT2D eigenvalue weighted by Crippen LogP contribution is 2.22. The molecule has 1 aromatic rings. The summed E-state index contributed by atoms with van der Waals surface area (Å²) in [7, 11) is 0. The summed E-state index contributed by atoms with van der Waals surface area (Å²) in [6.07, 6.45) is 2.34. The number of carbonyl (C=O) groups excluding carboxylic acids is 1. The van der Waals surface area contributed by atoms with E-state index in [-0.39, 0.29) is 6.04 Å². The molecule has 0 aliphatic carbocycles. The first kappa shape index (κ1) is 9.97. The molecule has 1 rings (SSSR count). The molecule has 0 radical (unpaired) electrons. The van der Waals surface area contributed by atoms with Gasteiger partial charge in [0.1, 0.15) is 0 Å². The highest BCUT2D eigenvalue weighted by Gasteiger charge is 2.06. The molecule has 0 aliphatic rings. The number of aliphatic imine (C=N–C) groups is 1. The van der Waals surface area contributed by atoms with Crippen LogP contribution in [0.1, 0.15) is 24.9 Å². The lowest BCUT2D eigenvalue weighted by molar-refractivity contribution is 0.556. The van der Waals surface area contributed by atoms with Gasteiger partial charge in [-0.25, -0.2) is 4.79 Å². The Bertz CT molecular complexity index is 331. The van der Waals surface area contributed by atoms with Crippen LogP contribution in [0.3, 0.4) is 0 Å². The fourth-order valence-corrected chi connectivity index (χ4v) is 1.38. The summed E-state index contributed by atoms with van der Waals surface area (Å²) >= 11 is 5.81. The molecule has 1 atom stereocenters. The van der Waals surface area contributed by atoms with E-state index < -0.39 is 0 Å². The van der Waals surface area contributed by atoms with Gasteiger partial charge in [0, 0.05) is 5.02 Å². The molecule has 13 heavy (non-hydrogen) atoms. The van der Waals surface area contributed by atoms with Crippen molar-refractivity contribution in [1.82, 2.24) is 0 Å². The predicted octanol–water partition coefficient (Wildman–Crippen LogP) is 3.13. The molecule has 0 fully saturated rings. The van der Waals surface area contributed by atoms with E-state index in [1.54, 1.807) is 12.1 Å². The van der Waals surface area contributed by atoms with Gasteiger partial charge in [-0.1, -0.05) is 30.7 Å². The summed E-state index contributed by atoms with van der Waals surface area (Å²) in [5, 5.41) is 0.664. The summed E-state index contributed by atoms with van der Waals surface area (Å²) in [5.41, 5.74) is 0.957. The number of halogens is 1. The maximum Gasteiger partial charge on any atom is 0.235 e. The van der Waals surface area contributed by atoms with Gasteiger partial charge >= 0.3 is 0 Å². The lowest BCUT2D eigenvalue weighted by atomic mass is 10.1. The average Bonchev–Trinajstić information content (AvgIpc) is 2.14. The zero-order valence-electron chi connectivity index (χ0n) is 7.33. The molecule has 0 spiro atoms. The zero-order chi connectivity index (χ0) is 9.68. The maximum atomic E-state index is 10.1. The Kier molecular flexibility index (Phi) is 3.69. The molecule has 1 aromatic carbocycles. The van der Waals surface area contributed by atoms with Crippen molar-refractivity contribution in [2.24, 2.45) is 4.99 Å². The number of rotatable bonds is 3. The molecule has 68 valence electrons. The molecule has 0 heterocycles. The van der Waals surface area contributed by atoms with Gasteiger partial charge in [-0.15, -0.1) is 0 Å². The Morgan fingerprint density at radius 3 is 2.92 bits per heavy atom. The number of hydrogen-bond acceptors (Lipinski definition) is 2. The lowest BCUT2D eigenvalue weighted by Gasteiger charge is -2.07. The van der Waals surface area contributed by atoms with Crippen LogP contribution in [0.15, 0.2) is 29.3 Å². The summed E-state index contributed by atoms with van der Waals surface area (Å²) in [5.74, 6) is 0. The van der Waals surface area contributed by atoms with Crippen molar-refractivity contribution in [2.45, 2.75) is 19.4 Å². The highest BCUT2D eigenvalue weighted by molar-refractivity contribution is 6.30. The van der Waals surface area contributed by atoms with Gasteiger partial charge in [-0.05, 0) is 24.1 Å². The van der Waals surface area contributed by atoms with Gasteiger partial charge in [0.25, 0.3) is 0 Å². The van der Waals surface area contributed by atoms with Crippen LogP contribution in [0, 0.1) is 0 Å². The van der Waals surface area contributed by atoms with Gasteiger partial charge in [0.15, 0.2) is 0 Å². The van der Waals surface area contributed by atoms with E-state index in [2.05, 4.69) is 4.99 Å². The van der Waals surface area contributed by atoms with E-state index in [1.807, 2.05) is 25.1 Å². The second kappa shape index (κ2) is 4.80. The van der Waals surface area contributed by atoms with E-state index in [1.165, 1.54) is 0 Å². The smallest absolute Gasteiger partial charge is 0.211 e. The molecule has 1 unspecified atom stereocenters. The summed E-state index contributed by atoms with van der Waals surface area (Å²) < 4.78 is 0. The third-order valence-electron chi connectivity index (χ3n) is 1.83. The second-order valence-electron chi connectivity index (χ2n) is 2.70. The Morgan fingerprint density at radius 1 is 1.62 bits per heavy atom. The molecule has 0 N–H and O–H groups in total. The van der Waals surface area contributed by atoms with Gasteiger partial charge in [-0.3, -0.25) is 0 Å². The van der Waals surface area contributed by atoms with E-state index in [0.29, 0.717) is 5.02 Å². The SMILES string of the molecule is CCC(N=C=O)c1cccc(Cl)c1. The molecule has 0 saturated heterocycles. The Labute approximate surface area is 82.3 Å². The van der Waals surface area contributed by atoms with Crippen LogP contribution in [-0.4, -0.2) is 6.08 Å². The Balaban J connectivity index is 2.97. The van der Waals surface area contributed by atoms with Crippen LogP contribution in [0.2, 0.25) is 5.02 Å². The standard InChI is InChI=1S/C10H10ClNO/c1-2-10(12-7-13)8-4-3-5-9(11)6-8/h3-6,10H,2H2,1H3. The molecule has 0 saturated carbocycles. The van der Waals surface area contributed by atoms with Crippen molar-refractivity contribution in [1.29, 1.82) is 0 Å². The van der Waals surface area contributed by atoms with Crippen LogP contribution in [0.5, 0.6) is 0 Å². The van der Waals surface area contributed by atoms with E-state index >= 15 is 0 Å². The first-order valence-corrected chi connectivity index (χ1v) is 4.48. The van der Waals surface area contributed by atoms with Crippen molar-refractivity contribution < 1.29 is 4.79 Å². The van der Waals surface area contributed by atoms with Crippen molar-refractivity contribution >= 4 is 17.7 Å². The minimum absolute atomic E-state index is 0.115. The molecule has 0 amide bonds. The predicted molar refractivity (Wildman–Crippen MR) is 52.6 cm³/mol. The topological polar surface area (TPSA) is 29.4 Å². The summed E-state index contributed by atoms with van der Waals surface area (Å²) in [6, 6.07) is 7.25. The number of nitrogens with zero attached hydrogens (tertiary/aromatic N) is 1. The second-order valence-corrected chi connectivity index (χ2v) is 3.14. The van der Waals surface area contributed by atoms with E-state index in [0.717, 1.165) is 12.0 Å². The van der Waals surface area contributed by atoms with Crippen LogP contribution in [-0.2, 0) is 4.79 Å². The molecular weight excluding hydrogens is 186 g/mol. The molecule has 0 bridgehead atoms. The van der Waals surface area contributed by atoms with Gasteiger partial charge in [0.2, 0.25) is 6.08 Å². The molecule has 0 aromatic heterocycles. The molecule has 0 aliphatic heterocycles. The normalized spacial score (nSPS) is 11.8. The van der Waals surface area contributed by atoms with Crippen LogP contribution in [0.4, 0.5) is 0 Å². The van der Waals surface area contributed by atoms with Crippen LogP contribution >= 0.6 is 11.6 Å². The van der Waals surface area contributed by atoms with Gasteiger partial charge < -0.3 is 0 Å². The number of hydrogen-bond donors (Lipinski definition) is 0. The molecule has 2 nitrogen and oxygen atoms in total. The molecule has 3 heteroatoms. The highest BCUT2D eigenvalue weighted by atomic mass is 35.5. The van der Waals surface area contributed by atoms with Crippen molar-refractivity contribution in [2.75, 3.05) is 0 Å². The first-order chi connectivity index (χ1) is 6.27. The molecular formula is C10H10ClNO. The quantitative estimate of drug-likeness (QED) is 0.538. The Hall–Kier alpha value is -1.11. The number of benzene rings is 1. The zero-order valence-corrected chi connectivity index (χ0v) is 8.08.